The Kier molecular flexibility index (Phi) is 28.5. The number of benzene rings is 1. The maximum Gasteiger partial charge on any atom is 0.294 e. The molecule has 332 valence electrons. The van der Waals surface area contributed by atoms with Crippen LogP contribution in [0.5, 0.6) is 0 Å². The normalized spacial score (nSPS) is 12.1. The molecule has 0 saturated carbocycles. The van der Waals surface area contributed by atoms with Crippen LogP contribution in [0, 0.1) is 0 Å². The zero-order chi connectivity index (χ0) is 42.8. The lowest BCUT2D eigenvalue weighted by atomic mass is 10.1. The first-order chi connectivity index (χ1) is 28.7. The maximum atomic E-state index is 13.2. The summed E-state index contributed by atoms with van der Waals surface area (Å²) < 4.78 is 65.7. The second-order valence-electron chi connectivity index (χ2n) is 13.2. The molecule has 1 aromatic heterocycles. The molecule has 1 atom stereocenters. The molecule has 18 nitrogen and oxygen atoms in total. The fourth-order valence-corrected chi connectivity index (χ4v) is 5.73. The van der Waals surface area contributed by atoms with Crippen LogP contribution < -0.4 is 16.0 Å². The SMILES string of the molecule is CCCCOCCOCCOCCCNC(=O)CCC(NC(=O)c1ccc(N=NCc2ccccc2S(=O)(=O)O)nc1)C(=O)NCCCOCCOCCOCCCC. The Labute approximate surface area is 348 Å². The first-order valence-electron chi connectivity index (χ1n) is 20.4. The van der Waals surface area contributed by atoms with Crippen molar-refractivity contribution in [3.05, 3.63) is 53.7 Å². The maximum absolute atomic E-state index is 13.2. The molecule has 19 heteroatoms. The number of carbonyl (C=O) groups is 3. The van der Waals surface area contributed by atoms with Gasteiger partial charge in [-0.1, -0.05) is 44.9 Å². The third-order valence-electron chi connectivity index (χ3n) is 8.28. The molecule has 0 spiro atoms. The van der Waals surface area contributed by atoms with Crippen molar-refractivity contribution in [3.63, 3.8) is 0 Å². The van der Waals surface area contributed by atoms with Crippen molar-refractivity contribution >= 4 is 33.7 Å². The average Bonchev–Trinajstić information content (AvgIpc) is 3.22. The van der Waals surface area contributed by atoms with E-state index in [1.807, 2.05) is 0 Å². The van der Waals surface area contributed by atoms with Crippen molar-refractivity contribution < 1.29 is 55.8 Å². The summed E-state index contributed by atoms with van der Waals surface area (Å²) in [4.78, 5) is 42.9. The molecule has 3 amide bonds. The van der Waals surface area contributed by atoms with Crippen LogP contribution in [0.1, 0.15) is 81.1 Å². The van der Waals surface area contributed by atoms with E-state index >= 15 is 0 Å². The minimum absolute atomic E-state index is 0.0154. The topological polar surface area (TPSA) is 235 Å². The second kappa shape index (κ2) is 32.8. The fraction of sp³-hybridized carbons (Fsp3) is 0.650. The Morgan fingerprint density at radius 1 is 0.712 bits per heavy atom. The van der Waals surface area contributed by atoms with Crippen LogP contribution in [0.2, 0.25) is 0 Å². The van der Waals surface area contributed by atoms with Gasteiger partial charge in [-0.25, -0.2) is 4.98 Å². The summed E-state index contributed by atoms with van der Waals surface area (Å²) in [6, 6.07) is 7.70. The highest BCUT2D eigenvalue weighted by Gasteiger charge is 2.23. The molecule has 0 saturated heterocycles. The molecule has 0 aliphatic carbocycles. The van der Waals surface area contributed by atoms with Gasteiger partial charge >= 0.3 is 0 Å². The van der Waals surface area contributed by atoms with Gasteiger partial charge in [0.1, 0.15) is 6.04 Å². The molecule has 0 bridgehead atoms. The summed E-state index contributed by atoms with van der Waals surface area (Å²) >= 11 is 0. The number of pyridine rings is 1. The zero-order valence-electron chi connectivity index (χ0n) is 34.6. The van der Waals surface area contributed by atoms with Crippen LogP contribution in [0.15, 0.2) is 57.7 Å². The molecule has 0 aliphatic heterocycles. The Balaban J connectivity index is 1.82. The Hall–Kier alpha value is -3.95. The number of hydrogen-bond acceptors (Lipinski definition) is 14. The van der Waals surface area contributed by atoms with Crippen molar-refractivity contribution in [2.75, 3.05) is 92.4 Å². The average molecular weight is 853 g/mol. The molecule has 59 heavy (non-hydrogen) atoms. The zero-order valence-corrected chi connectivity index (χ0v) is 35.4. The Bertz CT molecular complexity index is 1580. The van der Waals surface area contributed by atoms with Crippen molar-refractivity contribution in [3.8, 4) is 0 Å². The first kappa shape index (κ1) is 51.2. The molecule has 4 N–H and O–H groups in total. The minimum Gasteiger partial charge on any atom is -0.379 e. The predicted octanol–water partition coefficient (Wildman–Crippen LogP) is 4.20. The van der Waals surface area contributed by atoms with Gasteiger partial charge in [0.2, 0.25) is 11.8 Å². The first-order valence-corrected chi connectivity index (χ1v) is 21.8. The van der Waals surface area contributed by atoms with Gasteiger partial charge in [-0.3, -0.25) is 18.9 Å². The summed E-state index contributed by atoms with van der Waals surface area (Å²) in [5.41, 5.74) is 0.381. The lowest BCUT2D eigenvalue weighted by Crippen LogP contribution is -2.47. The van der Waals surface area contributed by atoms with E-state index in [0.29, 0.717) is 85.5 Å². The summed E-state index contributed by atoms with van der Waals surface area (Å²) in [5, 5.41) is 16.3. The number of aromatic nitrogens is 1. The summed E-state index contributed by atoms with van der Waals surface area (Å²) in [5.74, 6) is -1.18. The fourth-order valence-electron chi connectivity index (χ4n) is 5.01. The number of nitrogens with zero attached hydrogens (tertiary/aromatic N) is 3. The molecular formula is C40H64N6O12S. The molecule has 1 unspecified atom stereocenters. The second-order valence-corrected chi connectivity index (χ2v) is 14.6. The van der Waals surface area contributed by atoms with Crippen LogP contribution in [-0.2, 0) is 54.7 Å². The number of unbranched alkanes of at least 4 members (excludes halogenated alkanes) is 2. The lowest BCUT2D eigenvalue weighted by molar-refractivity contribution is -0.124. The molecule has 1 aromatic carbocycles. The quantitative estimate of drug-likeness (QED) is 0.0428. The molecule has 0 fully saturated rings. The summed E-state index contributed by atoms with van der Waals surface area (Å²) in [7, 11) is -4.43. The van der Waals surface area contributed by atoms with Gasteiger partial charge < -0.3 is 44.4 Å². The Morgan fingerprint density at radius 3 is 1.76 bits per heavy atom. The number of nitrogens with one attached hydrogen (secondary N) is 3. The minimum atomic E-state index is -4.43. The van der Waals surface area contributed by atoms with E-state index in [9.17, 15) is 27.4 Å². The van der Waals surface area contributed by atoms with Crippen molar-refractivity contribution in [1.82, 2.24) is 20.9 Å². The van der Waals surface area contributed by atoms with Gasteiger partial charge in [-0.15, -0.1) is 5.11 Å². The predicted molar refractivity (Wildman–Crippen MR) is 219 cm³/mol. The third-order valence-corrected chi connectivity index (χ3v) is 9.24. The number of carbonyl (C=O) groups excluding carboxylic acids is 3. The molecule has 2 aromatic rings. The number of hydrogen-bond donors (Lipinski definition) is 4. The van der Waals surface area contributed by atoms with Crippen molar-refractivity contribution in [1.29, 1.82) is 0 Å². The third kappa shape index (κ3) is 25.3. The van der Waals surface area contributed by atoms with E-state index < -0.39 is 28.0 Å². The van der Waals surface area contributed by atoms with Gasteiger partial charge in [0, 0.05) is 52.1 Å². The van der Waals surface area contributed by atoms with E-state index in [4.69, 9.17) is 28.4 Å². The van der Waals surface area contributed by atoms with E-state index in [0.717, 1.165) is 38.9 Å². The Morgan fingerprint density at radius 2 is 1.24 bits per heavy atom. The summed E-state index contributed by atoms with van der Waals surface area (Å²) in [6.07, 6.45) is 6.64. The highest BCUT2D eigenvalue weighted by molar-refractivity contribution is 7.85. The van der Waals surface area contributed by atoms with Crippen LogP contribution in [0.4, 0.5) is 5.82 Å². The highest BCUT2D eigenvalue weighted by Crippen LogP contribution is 2.17. The molecule has 1 heterocycles. The van der Waals surface area contributed by atoms with Crippen LogP contribution >= 0.6 is 0 Å². The highest BCUT2D eigenvalue weighted by atomic mass is 32.2. The number of ether oxygens (including phenoxy) is 6. The van der Waals surface area contributed by atoms with Gasteiger partial charge in [0.25, 0.3) is 16.0 Å². The van der Waals surface area contributed by atoms with Gasteiger partial charge in [-0.2, -0.15) is 13.5 Å². The van der Waals surface area contributed by atoms with E-state index in [1.165, 1.54) is 36.5 Å². The van der Waals surface area contributed by atoms with Gasteiger partial charge in [0.15, 0.2) is 5.82 Å². The molecular weight excluding hydrogens is 789 g/mol. The summed E-state index contributed by atoms with van der Waals surface area (Å²) in [6.45, 7) is 10.9. The van der Waals surface area contributed by atoms with E-state index in [1.54, 1.807) is 6.07 Å². The van der Waals surface area contributed by atoms with Gasteiger partial charge in [-0.05, 0) is 55.9 Å². The number of amides is 3. The lowest BCUT2D eigenvalue weighted by Gasteiger charge is -2.18. The largest absolute Gasteiger partial charge is 0.379 e. The van der Waals surface area contributed by atoms with Crippen LogP contribution in [0.25, 0.3) is 0 Å². The number of rotatable bonds is 36. The van der Waals surface area contributed by atoms with E-state index in [2.05, 4.69) is 45.0 Å². The van der Waals surface area contributed by atoms with Crippen molar-refractivity contribution in [2.45, 2.75) is 82.7 Å². The van der Waals surface area contributed by atoms with Gasteiger partial charge in [0.05, 0.1) is 69.9 Å². The molecule has 2 rings (SSSR count). The number of azo groups is 1. The molecule has 0 radical (unpaired) electrons. The smallest absolute Gasteiger partial charge is 0.294 e. The van der Waals surface area contributed by atoms with Crippen molar-refractivity contribution in [2.24, 2.45) is 10.2 Å². The van der Waals surface area contributed by atoms with Crippen LogP contribution in [0.3, 0.4) is 0 Å². The van der Waals surface area contributed by atoms with Crippen LogP contribution in [-0.4, -0.2) is 134 Å². The standard InChI is InChI=1S/C40H64N6O12S/c1-3-5-19-53-23-27-57-29-25-55-21-9-17-41-38(47)16-14-35(40(49)42-18-10-22-56-26-30-58-28-24-54-20-6-4-2)45-39(48)34-13-15-37(43-31-34)46-44-32-33-11-7-8-12-36(33)59(50,51)52/h7-8,11-13,15,31,35H,3-6,9-10,14,16-30,32H2,1-2H3,(H,41,47)(H,42,49)(H,45,48)(H,50,51,52). The monoisotopic (exact) mass is 852 g/mol. The van der Waals surface area contributed by atoms with E-state index in [-0.39, 0.29) is 53.7 Å². The molecule has 0 aliphatic rings.